The molecule has 0 spiro atoms. The van der Waals surface area contributed by atoms with Crippen LogP contribution in [0.3, 0.4) is 0 Å². The van der Waals surface area contributed by atoms with E-state index in [4.69, 9.17) is 4.74 Å². The third-order valence-corrected chi connectivity index (χ3v) is 4.80. The van der Waals surface area contributed by atoms with Crippen molar-refractivity contribution in [3.63, 3.8) is 0 Å². The number of hydrogen-bond donors (Lipinski definition) is 1. The van der Waals surface area contributed by atoms with Crippen LogP contribution >= 0.6 is 0 Å². The number of nitrogens with one attached hydrogen (secondary N) is 1. The van der Waals surface area contributed by atoms with Crippen molar-refractivity contribution in [1.29, 1.82) is 0 Å². The number of rotatable bonds is 6. The maximum Gasteiger partial charge on any atom is 0.272 e. The molecule has 0 bridgehead atoms. The zero-order chi connectivity index (χ0) is 18.4. The summed E-state index contributed by atoms with van der Waals surface area (Å²) >= 11 is 0. The van der Waals surface area contributed by atoms with Crippen LogP contribution in [0.25, 0.3) is 0 Å². The number of para-hydroxylation sites is 2. The number of nitrogens with zero attached hydrogens (tertiary/aromatic N) is 2. The van der Waals surface area contributed by atoms with E-state index < -0.39 is 0 Å². The molecule has 1 aromatic carbocycles. The Balaban J connectivity index is 1.79. The Morgan fingerprint density at radius 2 is 2.12 bits per heavy atom. The second-order valence-electron chi connectivity index (χ2n) is 6.54. The summed E-state index contributed by atoms with van der Waals surface area (Å²) in [6.07, 6.45) is 6.03. The molecule has 2 aromatic rings. The maximum absolute atomic E-state index is 13.0. The fourth-order valence-electron chi connectivity index (χ4n) is 3.47. The van der Waals surface area contributed by atoms with Crippen LogP contribution in [-0.2, 0) is 0 Å². The van der Waals surface area contributed by atoms with Gasteiger partial charge in [0.1, 0.15) is 11.4 Å². The Labute approximate surface area is 155 Å². The van der Waals surface area contributed by atoms with Crippen LogP contribution in [0.5, 0.6) is 5.75 Å². The summed E-state index contributed by atoms with van der Waals surface area (Å²) in [6, 6.07) is 11.8. The number of amides is 1. The number of piperidine rings is 1. The maximum atomic E-state index is 13.0. The fraction of sp³-hybridized carbons (Fsp3) is 0.429. The number of carbonyl (C=O) groups is 1. The van der Waals surface area contributed by atoms with Crippen LogP contribution < -0.4 is 10.1 Å². The number of hydrogen-bond acceptors (Lipinski definition) is 4. The second-order valence-corrected chi connectivity index (χ2v) is 6.54. The van der Waals surface area contributed by atoms with Crippen LogP contribution in [-0.4, -0.2) is 35.0 Å². The summed E-state index contributed by atoms with van der Waals surface area (Å²) in [5, 5.41) is 3.34. The van der Waals surface area contributed by atoms with E-state index >= 15 is 0 Å². The van der Waals surface area contributed by atoms with Gasteiger partial charge in [-0.05, 0) is 56.9 Å². The van der Waals surface area contributed by atoms with Crippen LogP contribution in [0, 0.1) is 0 Å². The zero-order valence-electron chi connectivity index (χ0n) is 15.6. The first-order valence-electron chi connectivity index (χ1n) is 9.48. The molecule has 138 valence electrons. The topological polar surface area (TPSA) is 54.5 Å². The van der Waals surface area contributed by atoms with Crippen LogP contribution in [0.2, 0.25) is 0 Å². The van der Waals surface area contributed by atoms with E-state index in [1.54, 1.807) is 6.20 Å². The molecule has 2 heterocycles. The third-order valence-electron chi connectivity index (χ3n) is 4.80. The highest BCUT2D eigenvalue weighted by atomic mass is 16.5. The highest BCUT2D eigenvalue weighted by Crippen LogP contribution is 2.28. The van der Waals surface area contributed by atoms with Gasteiger partial charge in [0.15, 0.2) is 0 Å². The van der Waals surface area contributed by atoms with Gasteiger partial charge < -0.3 is 15.0 Å². The van der Waals surface area contributed by atoms with Gasteiger partial charge in [-0.3, -0.25) is 9.78 Å². The van der Waals surface area contributed by atoms with E-state index in [0.717, 1.165) is 42.9 Å². The van der Waals surface area contributed by atoms with Crippen molar-refractivity contribution in [2.45, 2.75) is 45.6 Å². The molecule has 5 heteroatoms. The molecule has 1 fully saturated rings. The van der Waals surface area contributed by atoms with Gasteiger partial charge in [-0.25, -0.2) is 0 Å². The molecule has 1 N–H and O–H groups in total. The van der Waals surface area contributed by atoms with Gasteiger partial charge in [0.25, 0.3) is 5.91 Å². The van der Waals surface area contributed by atoms with Crippen molar-refractivity contribution >= 4 is 17.3 Å². The van der Waals surface area contributed by atoms with Crippen molar-refractivity contribution in [1.82, 2.24) is 9.88 Å². The van der Waals surface area contributed by atoms with Crippen molar-refractivity contribution in [2.24, 2.45) is 0 Å². The van der Waals surface area contributed by atoms with Crippen molar-refractivity contribution in [2.75, 3.05) is 18.5 Å². The third kappa shape index (κ3) is 4.15. The number of pyridine rings is 1. The number of likely N-dealkylation sites (tertiary alicyclic amines) is 1. The molecule has 1 aromatic heterocycles. The SMILES string of the molecule is CCOc1ccccc1Nc1ccnc(C(=O)N2CCCCC2CC)c1. The summed E-state index contributed by atoms with van der Waals surface area (Å²) in [6.45, 7) is 5.53. The lowest BCUT2D eigenvalue weighted by molar-refractivity contribution is 0.0602. The predicted molar refractivity (Wildman–Crippen MR) is 104 cm³/mol. The molecule has 0 saturated carbocycles. The first-order chi connectivity index (χ1) is 12.7. The van der Waals surface area contributed by atoms with Crippen LogP contribution in [0.1, 0.15) is 50.0 Å². The summed E-state index contributed by atoms with van der Waals surface area (Å²) in [7, 11) is 0. The van der Waals surface area contributed by atoms with Crippen LogP contribution in [0.15, 0.2) is 42.6 Å². The summed E-state index contributed by atoms with van der Waals surface area (Å²) in [5.41, 5.74) is 2.20. The molecule has 5 nitrogen and oxygen atoms in total. The molecule has 3 rings (SSSR count). The molecule has 1 saturated heterocycles. The minimum Gasteiger partial charge on any atom is -0.492 e. The van der Waals surface area contributed by atoms with E-state index in [0.29, 0.717) is 18.3 Å². The Bertz CT molecular complexity index is 748. The standard InChI is InChI=1S/C21H27N3O2/c1-3-17-9-7-8-14-24(17)21(25)19-15-16(12-13-22-19)23-18-10-5-6-11-20(18)26-4-2/h5-6,10-13,15,17H,3-4,7-9,14H2,1-2H3,(H,22,23). The summed E-state index contributed by atoms with van der Waals surface area (Å²) < 4.78 is 5.66. The van der Waals surface area contributed by atoms with Crippen molar-refractivity contribution in [3.8, 4) is 5.75 Å². The van der Waals surface area contributed by atoms with Gasteiger partial charge in [-0.2, -0.15) is 0 Å². The normalized spacial score (nSPS) is 17.0. The van der Waals surface area contributed by atoms with Crippen LogP contribution in [0.4, 0.5) is 11.4 Å². The quantitative estimate of drug-likeness (QED) is 0.823. The average molecular weight is 353 g/mol. The lowest BCUT2D eigenvalue weighted by Crippen LogP contribution is -2.43. The lowest BCUT2D eigenvalue weighted by atomic mass is 9.99. The first kappa shape index (κ1) is 18.2. The van der Waals surface area contributed by atoms with Gasteiger partial charge in [0.05, 0.1) is 12.3 Å². The molecule has 26 heavy (non-hydrogen) atoms. The fourth-order valence-corrected chi connectivity index (χ4v) is 3.47. The number of anilines is 2. The summed E-state index contributed by atoms with van der Waals surface area (Å²) in [5.74, 6) is 0.819. The molecule has 0 radical (unpaired) electrons. The molecule has 1 aliphatic rings. The number of carbonyl (C=O) groups excluding carboxylic acids is 1. The van der Waals surface area contributed by atoms with Gasteiger partial charge in [-0.1, -0.05) is 19.1 Å². The first-order valence-corrected chi connectivity index (χ1v) is 9.48. The van der Waals surface area contributed by atoms with Gasteiger partial charge in [0, 0.05) is 24.5 Å². The monoisotopic (exact) mass is 353 g/mol. The molecule has 1 atom stereocenters. The minimum atomic E-state index is 0.0262. The molecule has 1 aliphatic heterocycles. The smallest absolute Gasteiger partial charge is 0.272 e. The molecule has 1 amide bonds. The zero-order valence-corrected chi connectivity index (χ0v) is 15.6. The van der Waals surface area contributed by atoms with Gasteiger partial charge in [-0.15, -0.1) is 0 Å². The largest absolute Gasteiger partial charge is 0.492 e. The van der Waals surface area contributed by atoms with Crippen molar-refractivity contribution in [3.05, 3.63) is 48.3 Å². The Morgan fingerprint density at radius 1 is 1.27 bits per heavy atom. The van der Waals surface area contributed by atoms with E-state index in [2.05, 4.69) is 17.2 Å². The predicted octanol–water partition coefficient (Wildman–Crippen LogP) is 4.63. The van der Waals surface area contributed by atoms with Gasteiger partial charge >= 0.3 is 0 Å². The van der Waals surface area contributed by atoms with E-state index in [9.17, 15) is 4.79 Å². The van der Waals surface area contributed by atoms with E-state index in [1.807, 2.05) is 48.2 Å². The highest BCUT2D eigenvalue weighted by Gasteiger charge is 2.27. The molecule has 0 aliphatic carbocycles. The summed E-state index contributed by atoms with van der Waals surface area (Å²) in [4.78, 5) is 19.3. The van der Waals surface area contributed by atoms with E-state index in [1.165, 1.54) is 6.42 Å². The van der Waals surface area contributed by atoms with E-state index in [-0.39, 0.29) is 5.91 Å². The number of ether oxygens (including phenoxy) is 1. The number of aromatic nitrogens is 1. The molecular weight excluding hydrogens is 326 g/mol. The Morgan fingerprint density at radius 3 is 2.92 bits per heavy atom. The lowest BCUT2D eigenvalue weighted by Gasteiger charge is -2.35. The average Bonchev–Trinajstić information content (AvgIpc) is 2.69. The second kappa shape index (κ2) is 8.70. The van der Waals surface area contributed by atoms with Crippen molar-refractivity contribution < 1.29 is 9.53 Å². The minimum absolute atomic E-state index is 0.0262. The number of benzene rings is 1. The molecule has 1 unspecified atom stereocenters. The van der Waals surface area contributed by atoms with Gasteiger partial charge in [0.2, 0.25) is 0 Å². The molecular formula is C21H27N3O2. The Hall–Kier alpha value is -2.56. The Kier molecular flexibility index (Phi) is 6.10. The highest BCUT2D eigenvalue weighted by molar-refractivity contribution is 5.93.